The van der Waals surface area contributed by atoms with Crippen molar-refractivity contribution in [2.24, 2.45) is 5.84 Å². The van der Waals surface area contributed by atoms with E-state index in [4.69, 9.17) is 10.9 Å². The summed E-state index contributed by atoms with van der Waals surface area (Å²) < 4.78 is 0. The monoisotopic (exact) mass is 195 g/mol. The third-order valence-corrected chi connectivity index (χ3v) is 2.25. The van der Waals surface area contributed by atoms with E-state index < -0.39 is 0 Å². The highest BCUT2D eigenvalue weighted by molar-refractivity contribution is 5.41. The number of rotatable bonds is 3. The SMILES string of the molecule is NNc1cncc(NC2CC(O)C2)n1. The molecule has 1 heterocycles. The molecule has 2 rings (SSSR count). The number of hydrazine groups is 1. The molecule has 0 saturated heterocycles. The van der Waals surface area contributed by atoms with Crippen molar-refractivity contribution < 1.29 is 5.11 Å². The van der Waals surface area contributed by atoms with Gasteiger partial charge in [-0.3, -0.25) is 4.98 Å². The van der Waals surface area contributed by atoms with Gasteiger partial charge in [0.25, 0.3) is 0 Å². The predicted molar refractivity (Wildman–Crippen MR) is 52.5 cm³/mol. The average Bonchev–Trinajstić information content (AvgIpc) is 2.16. The number of aliphatic hydroxyl groups excluding tert-OH is 1. The summed E-state index contributed by atoms with van der Waals surface area (Å²) in [6, 6.07) is 0.298. The van der Waals surface area contributed by atoms with Crippen LogP contribution in [0.1, 0.15) is 12.8 Å². The number of anilines is 2. The van der Waals surface area contributed by atoms with E-state index >= 15 is 0 Å². The minimum atomic E-state index is -0.170. The Morgan fingerprint density at radius 1 is 1.36 bits per heavy atom. The Hall–Kier alpha value is -1.40. The summed E-state index contributed by atoms with van der Waals surface area (Å²) >= 11 is 0. The van der Waals surface area contributed by atoms with Gasteiger partial charge >= 0.3 is 0 Å². The van der Waals surface area contributed by atoms with Crippen molar-refractivity contribution in [2.45, 2.75) is 25.0 Å². The average molecular weight is 195 g/mol. The van der Waals surface area contributed by atoms with Gasteiger partial charge in [-0.25, -0.2) is 10.8 Å². The lowest BCUT2D eigenvalue weighted by Crippen LogP contribution is -2.39. The highest BCUT2D eigenvalue weighted by Crippen LogP contribution is 2.23. The maximum absolute atomic E-state index is 9.09. The minimum absolute atomic E-state index is 0.170. The Kier molecular flexibility index (Phi) is 2.47. The summed E-state index contributed by atoms with van der Waals surface area (Å²) in [6.07, 6.45) is 4.53. The molecule has 1 aliphatic rings. The Morgan fingerprint density at radius 3 is 2.71 bits per heavy atom. The normalized spacial score (nSPS) is 25.3. The van der Waals surface area contributed by atoms with E-state index in [0.29, 0.717) is 17.7 Å². The molecule has 0 spiro atoms. The van der Waals surface area contributed by atoms with E-state index in [2.05, 4.69) is 20.7 Å². The van der Waals surface area contributed by atoms with E-state index in [1.807, 2.05) is 0 Å². The van der Waals surface area contributed by atoms with Gasteiger partial charge < -0.3 is 15.8 Å². The summed E-state index contributed by atoms with van der Waals surface area (Å²) in [5.41, 5.74) is 2.42. The fourth-order valence-electron chi connectivity index (χ4n) is 1.42. The second kappa shape index (κ2) is 3.77. The van der Waals surface area contributed by atoms with Gasteiger partial charge in [-0.1, -0.05) is 0 Å². The number of aromatic nitrogens is 2. The fraction of sp³-hybridized carbons (Fsp3) is 0.500. The van der Waals surface area contributed by atoms with Crippen LogP contribution in [0.5, 0.6) is 0 Å². The van der Waals surface area contributed by atoms with Crippen molar-refractivity contribution in [3.8, 4) is 0 Å². The summed E-state index contributed by atoms with van der Waals surface area (Å²) in [4.78, 5) is 8.10. The maximum Gasteiger partial charge on any atom is 0.160 e. The zero-order chi connectivity index (χ0) is 9.97. The molecule has 0 radical (unpaired) electrons. The van der Waals surface area contributed by atoms with Crippen LogP contribution in [0.4, 0.5) is 11.6 Å². The van der Waals surface area contributed by atoms with Gasteiger partial charge in [0.05, 0.1) is 18.5 Å². The quantitative estimate of drug-likeness (QED) is 0.390. The summed E-state index contributed by atoms with van der Waals surface area (Å²) in [6.45, 7) is 0. The molecule has 0 amide bonds. The standard InChI is InChI=1S/C8H13N5O/c9-13-8-4-10-3-7(12-8)11-5-1-6(14)2-5/h3-6,14H,1-2,9H2,(H2,11,12,13). The Morgan fingerprint density at radius 2 is 2.07 bits per heavy atom. The summed E-state index contributed by atoms with van der Waals surface area (Å²) in [7, 11) is 0. The first kappa shape index (κ1) is 9.17. The molecule has 1 aromatic heterocycles. The highest BCUT2D eigenvalue weighted by Gasteiger charge is 2.27. The van der Waals surface area contributed by atoms with Crippen molar-refractivity contribution in [3.05, 3.63) is 12.4 Å². The second-order valence-electron chi connectivity index (χ2n) is 3.40. The van der Waals surface area contributed by atoms with Crippen LogP contribution in [-0.2, 0) is 0 Å². The topological polar surface area (TPSA) is 96.1 Å². The molecule has 0 unspecified atom stereocenters. The number of nitrogen functional groups attached to an aromatic ring is 1. The summed E-state index contributed by atoms with van der Waals surface area (Å²) in [5, 5.41) is 12.2. The van der Waals surface area contributed by atoms with Crippen molar-refractivity contribution in [1.29, 1.82) is 0 Å². The molecule has 1 fully saturated rings. The minimum Gasteiger partial charge on any atom is -0.393 e. The van der Waals surface area contributed by atoms with Crippen LogP contribution in [0.2, 0.25) is 0 Å². The van der Waals surface area contributed by atoms with Gasteiger partial charge in [-0.2, -0.15) is 0 Å². The zero-order valence-electron chi connectivity index (χ0n) is 7.64. The van der Waals surface area contributed by atoms with E-state index in [-0.39, 0.29) is 6.10 Å². The molecule has 0 aliphatic heterocycles. The molecule has 5 N–H and O–H groups in total. The number of hydrogen-bond donors (Lipinski definition) is 4. The third-order valence-electron chi connectivity index (χ3n) is 2.25. The predicted octanol–water partition coefficient (Wildman–Crippen LogP) is -0.303. The van der Waals surface area contributed by atoms with Crippen molar-refractivity contribution in [2.75, 3.05) is 10.7 Å². The second-order valence-corrected chi connectivity index (χ2v) is 3.40. The first-order valence-electron chi connectivity index (χ1n) is 4.51. The molecule has 0 aromatic carbocycles. The lowest BCUT2D eigenvalue weighted by atomic mass is 9.90. The third kappa shape index (κ3) is 1.91. The maximum atomic E-state index is 9.09. The molecule has 1 aliphatic carbocycles. The van der Waals surface area contributed by atoms with E-state index in [0.717, 1.165) is 12.8 Å². The lowest BCUT2D eigenvalue weighted by molar-refractivity contribution is 0.0835. The molecule has 76 valence electrons. The number of nitrogens with zero attached hydrogens (tertiary/aromatic N) is 2. The van der Waals surface area contributed by atoms with E-state index in [1.165, 1.54) is 0 Å². The lowest BCUT2D eigenvalue weighted by Gasteiger charge is -2.32. The first-order chi connectivity index (χ1) is 6.78. The van der Waals surface area contributed by atoms with Gasteiger partial charge in [-0.15, -0.1) is 0 Å². The van der Waals surface area contributed by atoms with Crippen LogP contribution >= 0.6 is 0 Å². The Labute approximate surface area is 81.5 Å². The van der Waals surface area contributed by atoms with Gasteiger partial charge in [0.15, 0.2) is 5.82 Å². The Balaban J connectivity index is 1.95. The molecule has 0 atom stereocenters. The van der Waals surface area contributed by atoms with Crippen LogP contribution in [0.25, 0.3) is 0 Å². The first-order valence-corrected chi connectivity index (χ1v) is 4.51. The molecule has 1 aromatic rings. The molecule has 14 heavy (non-hydrogen) atoms. The largest absolute Gasteiger partial charge is 0.393 e. The van der Waals surface area contributed by atoms with Gasteiger partial charge in [0.1, 0.15) is 5.82 Å². The van der Waals surface area contributed by atoms with Gasteiger partial charge in [0.2, 0.25) is 0 Å². The van der Waals surface area contributed by atoms with E-state index in [9.17, 15) is 0 Å². The molecule has 6 heteroatoms. The van der Waals surface area contributed by atoms with Gasteiger partial charge in [0, 0.05) is 6.04 Å². The Bertz CT molecular complexity index is 312. The number of nitrogens with two attached hydrogens (primary N) is 1. The molecular weight excluding hydrogens is 182 g/mol. The van der Waals surface area contributed by atoms with Crippen LogP contribution in [0.3, 0.4) is 0 Å². The van der Waals surface area contributed by atoms with Crippen molar-refractivity contribution >= 4 is 11.6 Å². The van der Waals surface area contributed by atoms with E-state index in [1.54, 1.807) is 12.4 Å². The molecular formula is C8H13N5O. The van der Waals surface area contributed by atoms with Crippen molar-refractivity contribution in [1.82, 2.24) is 9.97 Å². The summed E-state index contributed by atoms with van der Waals surface area (Å²) in [5.74, 6) is 6.40. The number of aliphatic hydroxyl groups is 1. The fourth-order valence-corrected chi connectivity index (χ4v) is 1.42. The van der Waals surface area contributed by atoms with Crippen LogP contribution < -0.4 is 16.6 Å². The smallest absolute Gasteiger partial charge is 0.160 e. The zero-order valence-corrected chi connectivity index (χ0v) is 7.64. The number of hydrogen-bond acceptors (Lipinski definition) is 6. The highest BCUT2D eigenvalue weighted by atomic mass is 16.3. The van der Waals surface area contributed by atoms with Crippen LogP contribution in [0, 0.1) is 0 Å². The van der Waals surface area contributed by atoms with Crippen molar-refractivity contribution in [3.63, 3.8) is 0 Å². The molecule has 6 nitrogen and oxygen atoms in total. The number of nitrogens with one attached hydrogen (secondary N) is 2. The van der Waals surface area contributed by atoms with Crippen LogP contribution in [0.15, 0.2) is 12.4 Å². The molecule has 0 bridgehead atoms. The van der Waals surface area contributed by atoms with Crippen LogP contribution in [-0.4, -0.2) is 27.2 Å². The van der Waals surface area contributed by atoms with Gasteiger partial charge in [-0.05, 0) is 12.8 Å². The molecule has 1 saturated carbocycles.